The van der Waals surface area contributed by atoms with E-state index in [-0.39, 0.29) is 18.3 Å². The average Bonchev–Trinajstić information content (AvgIpc) is 4.08. The molecule has 0 spiro atoms. The van der Waals surface area contributed by atoms with Crippen LogP contribution >= 0.6 is 15.9 Å². The van der Waals surface area contributed by atoms with Crippen LogP contribution in [0.3, 0.4) is 0 Å². The summed E-state index contributed by atoms with van der Waals surface area (Å²) >= 11 is 3.38. The second-order valence-corrected chi connectivity index (χ2v) is 16.8. The van der Waals surface area contributed by atoms with Crippen molar-refractivity contribution in [3.63, 3.8) is 0 Å². The fraction of sp³-hybridized carbons (Fsp3) is 0.395. The molecule has 0 amide bonds. The van der Waals surface area contributed by atoms with E-state index in [1.54, 1.807) is 39.3 Å². The number of fused-ring (bicyclic) bond motifs is 2. The molecule has 0 radical (unpaired) electrons. The van der Waals surface area contributed by atoms with Gasteiger partial charge < -0.3 is 36.8 Å². The van der Waals surface area contributed by atoms with Crippen molar-refractivity contribution in [2.45, 2.75) is 85.4 Å². The zero-order valence-electron chi connectivity index (χ0n) is 36.6. The molecule has 0 N–H and O–H groups in total. The summed E-state index contributed by atoms with van der Waals surface area (Å²) in [4.78, 5) is 18.3. The number of ether oxygens (including phenoxy) is 2. The Kier molecular flexibility index (Phi) is 12.6. The van der Waals surface area contributed by atoms with Crippen LogP contribution in [-0.4, -0.2) is 80.8 Å². The molecule has 0 saturated carbocycles. The normalized spacial score (nSPS) is 14.3. The third-order valence-electron chi connectivity index (χ3n) is 11.1. The summed E-state index contributed by atoms with van der Waals surface area (Å²) in [6.45, 7) is 14.2. The second-order valence-electron chi connectivity index (χ2n) is 16.0. The number of imidazole rings is 2. The van der Waals surface area contributed by atoms with Crippen molar-refractivity contribution < 1.29 is 27.6 Å². The molecule has 0 atom stereocenters. The molecule has 1 saturated heterocycles. The monoisotopic (exact) mass is 894 g/mol. The molecule has 1 aliphatic heterocycles. The van der Waals surface area contributed by atoms with E-state index >= 15 is 0 Å². The lowest BCUT2D eigenvalue weighted by molar-refractivity contribution is 0.00578. The first-order valence-corrected chi connectivity index (χ1v) is 20.8. The molecule has 61 heavy (non-hydrogen) atoms. The third kappa shape index (κ3) is 9.31. The van der Waals surface area contributed by atoms with Crippen molar-refractivity contribution in [2.75, 3.05) is 14.2 Å². The van der Waals surface area contributed by atoms with Gasteiger partial charge in [-0.1, -0.05) is 0 Å². The number of furan rings is 2. The molecule has 8 aromatic heterocycles. The number of methoxy groups -OCH3 is 2. The van der Waals surface area contributed by atoms with E-state index < -0.39 is 0 Å². The van der Waals surface area contributed by atoms with Crippen LogP contribution in [0.15, 0.2) is 81.2 Å². The summed E-state index contributed by atoms with van der Waals surface area (Å²) in [5.74, 6) is 5.02. The molecule has 9 rings (SSSR count). The minimum Gasteiger partial charge on any atom is -0.493 e. The smallest absolute Gasteiger partial charge is 0.493 e. The van der Waals surface area contributed by atoms with Gasteiger partial charge in [-0.15, -0.1) is 0 Å². The molecule has 0 aromatic carbocycles. The third-order valence-corrected chi connectivity index (χ3v) is 11.5. The summed E-state index contributed by atoms with van der Waals surface area (Å²) in [5.41, 5.74) is 6.91. The number of hydrogen-bond acceptors (Lipinski definition) is 12. The van der Waals surface area contributed by atoms with Crippen molar-refractivity contribution in [2.24, 2.45) is 14.1 Å². The fourth-order valence-corrected chi connectivity index (χ4v) is 7.26. The highest BCUT2D eigenvalue weighted by Crippen LogP contribution is 2.36. The number of rotatable bonds is 10. The Balaban J connectivity index is 0.000000142. The molecular weight excluding hydrogens is 843 g/mol. The van der Waals surface area contributed by atoms with Gasteiger partial charge in [-0.3, -0.25) is 0 Å². The summed E-state index contributed by atoms with van der Waals surface area (Å²) in [7, 11) is 6.95. The maximum absolute atomic E-state index is 5.91. The van der Waals surface area contributed by atoms with E-state index in [2.05, 4.69) is 46.1 Å². The molecule has 16 nitrogen and oxygen atoms in total. The maximum atomic E-state index is 5.91. The summed E-state index contributed by atoms with van der Waals surface area (Å²) < 4.78 is 41.3. The zero-order valence-corrected chi connectivity index (χ0v) is 38.1. The first-order valence-electron chi connectivity index (χ1n) is 20.0. The van der Waals surface area contributed by atoms with E-state index in [0.29, 0.717) is 6.42 Å². The van der Waals surface area contributed by atoms with Crippen molar-refractivity contribution in [1.82, 2.24) is 48.3 Å². The van der Waals surface area contributed by atoms with E-state index in [1.165, 1.54) is 0 Å². The zero-order chi connectivity index (χ0) is 43.6. The van der Waals surface area contributed by atoms with Crippen LogP contribution in [0.4, 0.5) is 0 Å². The van der Waals surface area contributed by atoms with Gasteiger partial charge in [0.1, 0.15) is 16.3 Å². The molecule has 9 heterocycles. The van der Waals surface area contributed by atoms with E-state index in [9.17, 15) is 0 Å². The number of halogens is 1. The van der Waals surface area contributed by atoms with Gasteiger partial charge in [0, 0.05) is 74.6 Å². The Morgan fingerprint density at radius 3 is 1.66 bits per heavy atom. The van der Waals surface area contributed by atoms with Gasteiger partial charge in [0.05, 0.1) is 56.2 Å². The van der Waals surface area contributed by atoms with Crippen molar-refractivity contribution in [3.05, 3.63) is 113 Å². The van der Waals surface area contributed by atoms with E-state index in [0.717, 1.165) is 104 Å². The first-order chi connectivity index (χ1) is 29.1. The molecule has 320 valence electrons. The Bertz CT molecular complexity index is 2730. The maximum Gasteiger partial charge on any atom is 0.498 e. The molecule has 1 aliphatic rings. The minimum absolute atomic E-state index is 0.290. The van der Waals surface area contributed by atoms with Gasteiger partial charge in [-0.2, -0.15) is 10.2 Å². The predicted molar refractivity (Wildman–Crippen MR) is 234 cm³/mol. The van der Waals surface area contributed by atoms with E-state index in [4.69, 9.17) is 27.6 Å². The molecule has 0 unspecified atom stereocenters. The Morgan fingerprint density at radius 1 is 0.656 bits per heavy atom. The average molecular weight is 896 g/mol. The highest BCUT2D eigenvalue weighted by atomic mass is 79.9. The molecule has 0 aliphatic carbocycles. The van der Waals surface area contributed by atoms with Gasteiger partial charge in [0.2, 0.25) is 0 Å². The molecular formula is C43H52BBrN10O6. The largest absolute Gasteiger partial charge is 0.498 e. The lowest BCUT2D eigenvalue weighted by Gasteiger charge is -2.32. The quantitative estimate of drug-likeness (QED) is 0.129. The Labute approximate surface area is 363 Å². The highest BCUT2D eigenvalue weighted by molar-refractivity contribution is 9.10. The molecule has 1 fully saturated rings. The SMILES string of the molecule is COc1ccc(C)n2nc(CCc3nc(-c4ccoc4)cn3C)nc12.COc1ccc(C)n2nc(CCc3nc(Br)cn3C)nc12.Cc1cocc1B1OC(C)(C)C(C)(C)O1. The van der Waals surface area contributed by atoms with Crippen LogP contribution in [0.5, 0.6) is 11.5 Å². The van der Waals surface area contributed by atoms with Crippen LogP contribution < -0.4 is 14.9 Å². The van der Waals surface area contributed by atoms with Crippen molar-refractivity contribution in [3.8, 4) is 22.8 Å². The van der Waals surface area contributed by atoms with Crippen LogP contribution in [0.1, 0.15) is 67.9 Å². The number of aromatic nitrogens is 10. The van der Waals surface area contributed by atoms with E-state index in [1.807, 2.05) is 123 Å². The number of pyridine rings is 2. The van der Waals surface area contributed by atoms with Crippen molar-refractivity contribution >= 4 is 39.8 Å². The summed E-state index contributed by atoms with van der Waals surface area (Å²) in [6.07, 6.45) is 13.7. The lowest BCUT2D eigenvalue weighted by atomic mass is 9.79. The molecule has 18 heteroatoms. The molecule has 0 bridgehead atoms. The number of hydrogen-bond donors (Lipinski definition) is 0. The van der Waals surface area contributed by atoms with Crippen LogP contribution in [0, 0.1) is 20.8 Å². The van der Waals surface area contributed by atoms with Crippen molar-refractivity contribution in [1.29, 1.82) is 0 Å². The summed E-state index contributed by atoms with van der Waals surface area (Å²) in [6, 6.07) is 9.68. The van der Waals surface area contributed by atoms with Crippen LogP contribution in [-0.2, 0) is 49.1 Å². The fourth-order valence-electron chi connectivity index (χ4n) is 6.75. The minimum atomic E-state index is -0.311. The van der Waals surface area contributed by atoms with Crippen LogP contribution in [0.25, 0.3) is 22.6 Å². The standard InChI is InChI=1S/C18H19N5O2.C14H16BrN5O.C11H17BO3/c1-12-4-5-15(24-3)18-20-16(21-23(12)18)6-7-17-19-14(10-22(17)2)13-8-9-25-11-13;1-9-4-5-10(21-3)14-17-12(18-20(9)14)6-7-13-16-11(15)8-19(13)2;1-8-6-13-7-9(8)12-14-10(2,3)11(4,5)15-12/h4-5,8-11H,6-7H2,1-3H3;4-5,8H,6-7H2,1-3H3;6-7H,1-5H3. The van der Waals surface area contributed by atoms with Crippen LogP contribution in [0.2, 0.25) is 0 Å². The Hall–Kier alpha value is -5.72. The number of aryl methyl sites for hydroxylation is 9. The Morgan fingerprint density at radius 2 is 1.20 bits per heavy atom. The first kappa shape index (κ1) is 43.4. The van der Waals surface area contributed by atoms with Gasteiger partial charge in [0.15, 0.2) is 34.4 Å². The van der Waals surface area contributed by atoms with Gasteiger partial charge in [-0.05, 0) is 100 Å². The second kappa shape index (κ2) is 17.7. The molecule has 8 aromatic rings. The van der Waals surface area contributed by atoms with Gasteiger partial charge in [-0.25, -0.2) is 29.0 Å². The topological polar surface area (TPSA) is 159 Å². The lowest BCUT2D eigenvalue weighted by Crippen LogP contribution is -2.41. The predicted octanol–water partition coefficient (Wildman–Crippen LogP) is 7.04. The number of nitrogens with zero attached hydrogens (tertiary/aromatic N) is 10. The summed E-state index contributed by atoms with van der Waals surface area (Å²) in [5, 5.41) is 9.15. The van der Waals surface area contributed by atoms with Gasteiger partial charge in [0.25, 0.3) is 0 Å². The van der Waals surface area contributed by atoms with Gasteiger partial charge >= 0.3 is 7.12 Å². The highest BCUT2D eigenvalue weighted by Gasteiger charge is 2.52.